The zero-order valence-corrected chi connectivity index (χ0v) is 45.0. The molecule has 0 nitrogen and oxygen atoms in total. The molecule has 10 rings (SSSR count). The Hall–Kier alpha value is -1.96. The Balaban J connectivity index is 0.00000264. The van der Waals surface area contributed by atoms with Crippen LogP contribution in [0, 0.1) is 22.7 Å². The average Bonchev–Trinajstić information content (AvgIpc) is 4.07. The predicted molar refractivity (Wildman–Crippen MR) is 274 cm³/mol. The molecule has 330 valence electrons. The maximum atomic E-state index is 3.02. The molecule has 0 amide bonds. The fourth-order valence-corrected chi connectivity index (χ4v) is 41.0. The summed E-state index contributed by atoms with van der Waals surface area (Å²) in [6.07, 6.45) is 24.2. The van der Waals surface area contributed by atoms with E-state index < -0.39 is 17.4 Å². The van der Waals surface area contributed by atoms with Gasteiger partial charge in [-0.15, -0.1) is 24.8 Å². The van der Waals surface area contributed by atoms with Gasteiger partial charge in [0.05, 0.1) is 0 Å². The second kappa shape index (κ2) is 16.4. The zero-order chi connectivity index (χ0) is 41.9. The van der Waals surface area contributed by atoms with Crippen LogP contribution in [0.3, 0.4) is 0 Å². The van der Waals surface area contributed by atoms with Gasteiger partial charge in [-0.3, -0.25) is 0 Å². The quantitative estimate of drug-likeness (QED) is 0.139. The second-order valence-electron chi connectivity index (χ2n) is 24.5. The first-order valence-electron chi connectivity index (χ1n) is 24.4. The smallest absolute Gasteiger partial charge is 0.147 e. The van der Waals surface area contributed by atoms with E-state index >= 15 is 0 Å². The summed E-state index contributed by atoms with van der Waals surface area (Å²) in [5.41, 5.74) is 20.1. The minimum atomic E-state index is -4.03. The van der Waals surface area contributed by atoms with Crippen molar-refractivity contribution >= 4 is 43.8 Å². The van der Waals surface area contributed by atoms with Crippen molar-refractivity contribution in [3.8, 4) is 22.3 Å². The van der Waals surface area contributed by atoms with Gasteiger partial charge in [-0.05, 0) is 0 Å². The van der Waals surface area contributed by atoms with E-state index in [-0.39, 0.29) is 35.6 Å². The van der Waals surface area contributed by atoms with Crippen LogP contribution >= 0.6 is 24.8 Å². The molecule has 4 bridgehead atoms. The third-order valence-corrected chi connectivity index (χ3v) is 41.6. The molecular weight excluding hydrogens is 887 g/mol. The van der Waals surface area contributed by atoms with Gasteiger partial charge in [-0.1, -0.05) is 0 Å². The maximum absolute atomic E-state index is 4.03. The summed E-state index contributed by atoms with van der Waals surface area (Å²) in [5, 5.41) is 0. The SMILES string of the molecule is CC[CH2][Zr]([CH3])(=[SiH2])([CH]1C(CC23CCC(CC2)C3)=Cc2c(-c3ccc(C(C)(C)C)cc3)cccc21)[CH]1C(CC23CCC(CC2)C3)=Cc2c(-c3ccc(C(C)(C)C)cc3)cccc21.Cl.Cl. The van der Waals surface area contributed by atoms with E-state index in [2.05, 4.69) is 157 Å². The first-order chi connectivity index (χ1) is 28.5. The molecule has 0 heterocycles. The molecule has 4 aromatic carbocycles. The van der Waals surface area contributed by atoms with Crippen LogP contribution in [-0.2, 0) is 28.2 Å². The molecule has 0 aromatic heterocycles. The Bertz CT molecular complexity index is 2290. The number of fused-ring (bicyclic) bond motifs is 6. The van der Waals surface area contributed by atoms with Crippen molar-refractivity contribution < 1.29 is 17.4 Å². The molecule has 4 heteroatoms. The third-order valence-electron chi connectivity index (χ3n) is 18.1. The summed E-state index contributed by atoms with van der Waals surface area (Å²) in [4.78, 5) is 0. The number of hydrogen-bond donors (Lipinski definition) is 0. The molecule has 0 spiro atoms. The van der Waals surface area contributed by atoms with Gasteiger partial charge in [-0.25, -0.2) is 0 Å². The van der Waals surface area contributed by atoms with E-state index in [1.54, 1.807) is 22.3 Å². The molecule has 62 heavy (non-hydrogen) atoms. The number of hydrogen-bond acceptors (Lipinski definition) is 0. The third kappa shape index (κ3) is 7.86. The van der Waals surface area contributed by atoms with Crippen LogP contribution < -0.4 is 0 Å². The van der Waals surface area contributed by atoms with Crippen LogP contribution in [0.1, 0.15) is 173 Å². The molecular formula is C58H76Cl2SiZr. The van der Waals surface area contributed by atoms with Crippen molar-refractivity contribution in [3.63, 3.8) is 0 Å². The molecule has 6 aliphatic rings. The molecule has 4 saturated carbocycles. The van der Waals surface area contributed by atoms with Crippen LogP contribution in [0.5, 0.6) is 0 Å². The summed E-state index contributed by atoms with van der Waals surface area (Å²) in [7, 11) is 0. The van der Waals surface area contributed by atoms with Crippen molar-refractivity contribution in [1.82, 2.24) is 0 Å². The van der Waals surface area contributed by atoms with E-state index in [1.807, 2.05) is 11.1 Å². The van der Waals surface area contributed by atoms with E-state index in [1.165, 1.54) is 121 Å². The predicted octanol–water partition coefficient (Wildman–Crippen LogP) is 17.1. The number of allylic oxidation sites excluding steroid dienone is 2. The van der Waals surface area contributed by atoms with Crippen LogP contribution in [-0.4, -0.2) is 6.88 Å². The fraction of sp³-hybridized carbons (Fsp3) is 0.517. The monoisotopic (exact) mass is 960 g/mol. The molecule has 6 aliphatic carbocycles. The molecule has 0 saturated heterocycles. The van der Waals surface area contributed by atoms with Crippen molar-refractivity contribution in [2.75, 3.05) is 0 Å². The van der Waals surface area contributed by atoms with Crippen LogP contribution in [0.15, 0.2) is 96.1 Å². The standard InChI is InChI=1S/2C27H31.C3H7.CH3.2ClH.H2Si.Zr/c2*1-26(2,3)23-9-7-21(8-10-23)24-6-4-5-22-15-20(16-25(22)24)18-27-13-11-19(17-27)12-14-27;1-3-2;;;;;/h2*4-10,15-16,19H,11-14,17-18H2,1-3H3;1,3H2,2H3;1H3;2*1H;1H2;. The van der Waals surface area contributed by atoms with Crippen molar-refractivity contribution in [2.24, 2.45) is 22.7 Å². The fourth-order valence-electron chi connectivity index (χ4n) is 15.2. The van der Waals surface area contributed by atoms with Gasteiger partial charge >= 0.3 is 370 Å². The van der Waals surface area contributed by atoms with E-state index in [0.717, 1.165) is 11.8 Å². The van der Waals surface area contributed by atoms with Gasteiger partial charge in [0.2, 0.25) is 0 Å². The molecule has 4 aromatic rings. The van der Waals surface area contributed by atoms with Gasteiger partial charge in [0.15, 0.2) is 0 Å². The summed E-state index contributed by atoms with van der Waals surface area (Å²) in [6, 6.07) is 34.4. The molecule has 2 atom stereocenters. The number of benzene rings is 4. The van der Waals surface area contributed by atoms with E-state index in [0.29, 0.717) is 18.1 Å². The van der Waals surface area contributed by atoms with Crippen molar-refractivity contribution in [2.45, 2.75) is 159 Å². The van der Waals surface area contributed by atoms with Crippen LogP contribution in [0.2, 0.25) is 8.76 Å². The Morgan fingerprint density at radius 3 is 1.24 bits per heavy atom. The van der Waals surface area contributed by atoms with E-state index in [4.69, 9.17) is 0 Å². The van der Waals surface area contributed by atoms with Gasteiger partial charge in [0.25, 0.3) is 0 Å². The molecule has 0 N–H and O–H groups in total. The average molecular weight is 963 g/mol. The number of halogens is 2. The van der Waals surface area contributed by atoms with Crippen molar-refractivity contribution in [1.29, 1.82) is 0 Å². The Morgan fingerprint density at radius 1 is 0.565 bits per heavy atom. The topological polar surface area (TPSA) is 0 Å². The first kappa shape index (κ1) is 46.6. The van der Waals surface area contributed by atoms with Gasteiger partial charge in [0, 0.05) is 0 Å². The Morgan fingerprint density at radius 2 is 0.935 bits per heavy atom. The Labute approximate surface area is 391 Å². The minimum absolute atomic E-state index is 0. The molecule has 0 aliphatic heterocycles. The van der Waals surface area contributed by atoms with Gasteiger partial charge in [0.1, 0.15) is 0 Å². The maximum Gasteiger partial charge on any atom is -0.147 e. The summed E-state index contributed by atoms with van der Waals surface area (Å²) in [5.74, 6) is 1.95. The largest absolute Gasteiger partial charge is 0.147 e. The van der Waals surface area contributed by atoms with Gasteiger partial charge < -0.3 is 0 Å². The first-order valence-corrected chi connectivity index (χ1v) is 37.4. The second-order valence-corrected chi connectivity index (χ2v) is 52.9. The number of rotatable bonds is 10. The normalized spacial score (nSPS) is 27.4. The van der Waals surface area contributed by atoms with E-state index in [9.17, 15) is 0 Å². The molecule has 2 unspecified atom stereocenters. The zero-order valence-electron chi connectivity index (χ0n) is 39.5. The van der Waals surface area contributed by atoms with Gasteiger partial charge in [-0.2, -0.15) is 0 Å². The van der Waals surface area contributed by atoms with Crippen LogP contribution in [0.25, 0.3) is 34.4 Å². The summed E-state index contributed by atoms with van der Waals surface area (Å²) < 4.78 is 5.60. The summed E-state index contributed by atoms with van der Waals surface area (Å²) in [6.45, 7) is 19.3. The molecule has 4 fully saturated rings. The summed E-state index contributed by atoms with van der Waals surface area (Å²) >= 11 is -4.03. The minimum Gasteiger partial charge on any atom is -0.147 e. The van der Waals surface area contributed by atoms with Crippen LogP contribution in [0.4, 0.5) is 0 Å². The Kier molecular flexibility index (Phi) is 12.3. The van der Waals surface area contributed by atoms with Crippen molar-refractivity contribution in [3.05, 3.63) is 129 Å². The molecule has 0 radical (unpaired) electrons.